The molecule has 1 aliphatic rings. The number of amides is 2. The summed E-state index contributed by atoms with van der Waals surface area (Å²) in [4.78, 5) is 29.5. The molecule has 0 saturated carbocycles. The molecule has 2 unspecified atom stereocenters. The lowest BCUT2D eigenvalue weighted by Crippen LogP contribution is -2.58. The van der Waals surface area contributed by atoms with E-state index in [1.807, 2.05) is 6.07 Å². The normalized spacial score (nSPS) is 17.6. The molecule has 3 N–H and O–H groups in total. The number of benzene rings is 2. The number of anilines is 2. The molecule has 2 aromatic rings. The molecule has 0 bridgehead atoms. The summed E-state index contributed by atoms with van der Waals surface area (Å²) in [5.41, 5.74) is 4.33. The maximum absolute atomic E-state index is 12.8. The molecule has 2 aromatic carbocycles. The van der Waals surface area contributed by atoms with Crippen LogP contribution in [0.5, 0.6) is 0 Å². The number of para-hydroxylation sites is 2. The second-order valence-corrected chi connectivity index (χ2v) is 8.68. The summed E-state index contributed by atoms with van der Waals surface area (Å²) in [7, 11) is -3.48. The number of carbonyl (C=O) groups excluding carboxylic acids is 2. The molecule has 3 rings (SSSR count). The third kappa shape index (κ3) is 4.95. The van der Waals surface area contributed by atoms with Crippen molar-refractivity contribution in [2.45, 2.75) is 25.9 Å². The Kier molecular flexibility index (Phi) is 6.06. The van der Waals surface area contributed by atoms with Gasteiger partial charge in [-0.1, -0.05) is 36.4 Å². The van der Waals surface area contributed by atoms with Crippen LogP contribution >= 0.6 is 0 Å². The number of nitrogens with zero attached hydrogens (tertiary/aromatic N) is 2. The molecule has 158 valence electrons. The van der Waals surface area contributed by atoms with Crippen LogP contribution in [-0.4, -0.2) is 38.4 Å². The maximum atomic E-state index is 12.8. The first-order valence-electron chi connectivity index (χ1n) is 9.27. The summed E-state index contributed by atoms with van der Waals surface area (Å²) in [5, 5.41) is 4.08. The first-order valence-corrected chi connectivity index (χ1v) is 11.2. The van der Waals surface area contributed by atoms with Crippen molar-refractivity contribution in [3.63, 3.8) is 0 Å². The smallest absolute Gasteiger partial charge is 0.288 e. The van der Waals surface area contributed by atoms with E-state index in [0.717, 1.165) is 6.26 Å². The van der Waals surface area contributed by atoms with Gasteiger partial charge < -0.3 is 5.32 Å². The highest BCUT2D eigenvalue weighted by atomic mass is 32.2. The van der Waals surface area contributed by atoms with Crippen LogP contribution in [-0.2, 0) is 19.6 Å². The van der Waals surface area contributed by atoms with E-state index < -0.39 is 28.0 Å². The molecule has 0 fully saturated rings. The number of carbonyl (C=O) groups is 2. The van der Waals surface area contributed by atoms with Gasteiger partial charge in [-0.3, -0.25) is 19.7 Å². The first kappa shape index (κ1) is 21.3. The van der Waals surface area contributed by atoms with E-state index in [2.05, 4.69) is 20.5 Å². The second kappa shape index (κ2) is 8.54. The predicted molar refractivity (Wildman–Crippen MR) is 115 cm³/mol. The Hall–Kier alpha value is -3.40. The molecule has 30 heavy (non-hydrogen) atoms. The number of hydrazine groups is 1. The molecule has 0 aromatic heterocycles. The van der Waals surface area contributed by atoms with Crippen molar-refractivity contribution in [3.05, 3.63) is 60.2 Å². The highest BCUT2D eigenvalue weighted by molar-refractivity contribution is 7.92. The Labute approximate surface area is 175 Å². The van der Waals surface area contributed by atoms with Crippen LogP contribution in [0.2, 0.25) is 0 Å². The molecule has 1 aliphatic heterocycles. The fourth-order valence-corrected chi connectivity index (χ4v) is 3.60. The quantitative estimate of drug-likeness (QED) is 0.644. The fourth-order valence-electron chi connectivity index (χ4n) is 3.01. The Morgan fingerprint density at radius 1 is 1.13 bits per heavy atom. The van der Waals surface area contributed by atoms with Gasteiger partial charge in [0.1, 0.15) is 6.04 Å². The minimum Gasteiger partial charge on any atom is -0.343 e. The van der Waals surface area contributed by atoms with E-state index in [9.17, 15) is 18.0 Å². The van der Waals surface area contributed by atoms with Gasteiger partial charge in [0.05, 0.1) is 23.7 Å². The average molecular weight is 430 g/mol. The van der Waals surface area contributed by atoms with Crippen molar-refractivity contribution in [1.82, 2.24) is 10.7 Å². The van der Waals surface area contributed by atoms with E-state index in [1.165, 1.54) is 5.01 Å². The molecule has 0 radical (unpaired) electrons. The van der Waals surface area contributed by atoms with Gasteiger partial charge >= 0.3 is 0 Å². The zero-order chi connectivity index (χ0) is 21.9. The Morgan fingerprint density at radius 2 is 1.77 bits per heavy atom. The van der Waals surface area contributed by atoms with E-state index in [1.54, 1.807) is 62.4 Å². The van der Waals surface area contributed by atoms with Crippen LogP contribution in [0.1, 0.15) is 25.5 Å². The monoisotopic (exact) mass is 429 g/mol. The molecule has 0 spiro atoms. The first-order chi connectivity index (χ1) is 14.2. The number of aliphatic imine (C=N–C) groups is 1. The van der Waals surface area contributed by atoms with Gasteiger partial charge in [-0.05, 0) is 37.6 Å². The molecule has 2 atom stereocenters. The van der Waals surface area contributed by atoms with Crippen molar-refractivity contribution in [3.8, 4) is 0 Å². The minimum atomic E-state index is -3.48. The van der Waals surface area contributed by atoms with E-state index in [0.29, 0.717) is 16.9 Å². The molecule has 2 amide bonds. The summed E-state index contributed by atoms with van der Waals surface area (Å²) in [6, 6.07) is 14.4. The third-order valence-corrected chi connectivity index (χ3v) is 5.01. The largest absolute Gasteiger partial charge is 0.343 e. The average Bonchev–Trinajstić information content (AvgIpc) is 2.69. The van der Waals surface area contributed by atoms with Gasteiger partial charge in [-0.2, -0.15) is 0 Å². The number of amidine groups is 1. The van der Waals surface area contributed by atoms with Gasteiger partial charge in [0, 0.05) is 0 Å². The Morgan fingerprint density at radius 3 is 2.43 bits per heavy atom. The third-order valence-electron chi connectivity index (χ3n) is 4.42. The van der Waals surface area contributed by atoms with Crippen molar-refractivity contribution >= 4 is 39.0 Å². The zero-order valence-corrected chi connectivity index (χ0v) is 17.6. The van der Waals surface area contributed by atoms with Crippen LogP contribution in [0.25, 0.3) is 0 Å². The minimum absolute atomic E-state index is 0.00800. The van der Waals surface area contributed by atoms with Crippen molar-refractivity contribution in [1.29, 1.82) is 0 Å². The van der Waals surface area contributed by atoms with Crippen LogP contribution in [0, 0.1) is 0 Å². The molecular weight excluding hydrogens is 406 g/mol. The number of sulfonamides is 1. The molecular formula is C20H23N5O4S. The summed E-state index contributed by atoms with van der Waals surface area (Å²) in [6.07, 6.45) is 1.06. The van der Waals surface area contributed by atoms with E-state index in [-0.39, 0.29) is 11.7 Å². The Bertz CT molecular complexity index is 1090. The van der Waals surface area contributed by atoms with Crippen molar-refractivity contribution < 1.29 is 18.0 Å². The number of rotatable bonds is 6. The summed E-state index contributed by atoms with van der Waals surface area (Å²) < 4.78 is 25.7. The van der Waals surface area contributed by atoms with Gasteiger partial charge in [-0.15, -0.1) is 0 Å². The zero-order valence-electron chi connectivity index (χ0n) is 16.8. The lowest BCUT2D eigenvalue weighted by Gasteiger charge is -2.31. The molecule has 0 saturated heterocycles. The molecule has 9 nitrogen and oxygen atoms in total. The number of hydrogen-bond donors (Lipinski definition) is 3. The van der Waals surface area contributed by atoms with Gasteiger partial charge in [0.2, 0.25) is 15.9 Å². The van der Waals surface area contributed by atoms with E-state index >= 15 is 0 Å². The van der Waals surface area contributed by atoms with Crippen molar-refractivity contribution in [2.75, 3.05) is 16.0 Å². The summed E-state index contributed by atoms with van der Waals surface area (Å²) in [5.74, 6) is -0.809. The van der Waals surface area contributed by atoms with Crippen LogP contribution in [0.3, 0.4) is 0 Å². The van der Waals surface area contributed by atoms with Crippen molar-refractivity contribution in [2.24, 2.45) is 4.99 Å². The number of hydrogen-bond acceptors (Lipinski definition) is 6. The Balaban J connectivity index is 1.79. The molecule has 0 aliphatic carbocycles. The van der Waals surface area contributed by atoms with Gasteiger partial charge in [0.25, 0.3) is 11.8 Å². The fraction of sp³-hybridized carbons (Fsp3) is 0.250. The highest BCUT2D eigenvalue weighted by Crippen LogP contribution is 2.23. The second-order valence-electron chi connectivity index (χ2n) is 6.93. The molecule has 1 heterocycles. The standard InChI is InChI=1S/C20H23N5O4S/c1-13(16-11-7-8-12-17(16)24-30(3,28)29)22-19(26)18-21-14(2)20(27)25(23-18)15-9-5-4-6-10-15/h4-14,24H,1-3H3,(H,21,23)(H,22,26). The SMILES string of the molecule is CC1N=C(C(=O)NC(C)c2ccccc2NS(C)(=O)=O)NN(c2ccccc2)C1=O. The summed E-state index contributed by atoms with van der Waals surface area (Å²) in [6.45, 7) is 3.34. The highest BCUT2D eigenvalue weighted by Gasteiger charge is 2.31. The van der Waals surface area contributed by atoms with Crippen LogP contribution in [0.4, 0.5) is 11.4 Å². The lowest BCUT2D eigenvalue weighted by atomic mass is 10.1. The predicted octanol–water partition coefficient (Wildman–Crippen LogP) is 1.57. The maximum Gasteiger partial charge on any atom is 0.288 e. The summed E-state index contributed by atoms with van der Waals surface area (Å²) >= 11 is 0. The molecule has 10 heteroatoms. The van der Waals surface area contributed by atoms with Gasteiger partial charge in [-0.25, -0.2) is 18.4 Å². The van der Waals surface area contributed by atoms with E-state index in [4.69, 9.17) is 0 Å². The van der Waals surface area contributed by atoms with Crippen LogP contribution < -0.4 is 20.5 Å². The van der Waals surface area contributed by atoms with Crippen LogP contribution in [0.15, 0.2) is 59.6 Å². The number of nitrogens with one attached hydrogen (secondary N) is 3. The lowest BCUT2D eigenvalue weighted by molar-refractivity contribution is -0.120. The van der Waals surface area contributed by atoms with Gasteiger partial charge in [0.15, 0.2) is 0 Å². The topological polar surface area (TPSA) is 120 Å².